The maximum absolute atomic E-state index is 13.2. The fraction of sp³-hybridized carbons (Fsp3) is 0.550. The molecule has 0 radical (unpaired) electrons. The number of ketones is 2. The van der Waals surface area contributed by atoms with Gasteiger partial charge in [0.15, 0.2) is 17.0 Å². The number of pyridine rings is 1. The average Bonchev–Trinajstić information content (AvgIpc) is 2.53. The summed E-state index contributed by atoms with van der Waals surface area (Å²) in [5.74, 6) is -2.99. The predicted octanol–water partition coefficient (Wildman–Crippen LogP) is 2.83. The Bertz CT molecular complexity index is 734. The molecule has 7 nitrogen and oxygen atoms in total. The van der Waals surface area contributed by atoms with Crippen LogP contribution in [0.15, 0.2) is 18.5 Å². The zero-order valence-electron chi connectivity index (χ0n) is 16.8. The van der Waals surface area contributed by atoms with E-state index >= 15 is 0 Å². The lowest BCUT2D eigenvalue weighted by atomic mass is 9.73. The van der Waals surface area contributed by atoms with E-state index in [1.54, 1.807) is 46.9 Å². The molecule has 0 fully saturated rings. The molecule has 1 unspecified atom stereocenters. The fourth-order valence-electron chi connectivity index (χ4n) is 2.60. The number of aromatic nitrogens is 1. The van der Waals surface area contributed by atoms with Gasteiger partial charge in [0, 0.05) is 24.4 Å². The Kier molecular flexibility index (Phi) is 7.39. The lowest BCUT2D eigenvalue weighted by Crippen LogP contribution is -2.49. The first-order chi connectivity index (χ1) is 12.4. The SMILES string of the molecule is CCOC(=O)CCC(C(C)=O)(C(=O)OC(C)(C)C)C(=O)c1cncc(C)c1. The van der Waals surface area contributed by atoms with E-state index in [1.807, 2.05) is 0 Å². The van der Waals surface area contributed by atoms with Crippen molar-refractivity contribution in [3.05, 3.63) is 29.6 Å². The van der Waals surface area contributed by atoms with Crippen molar-refractivity contribution in [3.63, 3.8) is 0 Å². The minimum absolute atomic E-state index is 0.111. The lowest BCUT2D eigenvalue weighted by Gasteiger charge is -2.31. The Morgan fingerprint density at radius 3 is 2.22 bits per heavy atom. The van der Waals surface area contributed by atoms with Gasteiger partial charge in [0.1, 0.15) is 5.60 Å². The Balaban J connectivity index is 3.41. The zero-order valence-corrected chi connectivity index (χ0v) is 16.8. The van der Waals surface area contributed by atoms with Crippen LogP contribution >= 0.6 is 0 Å². The molecule has 0 saturated carbocycles. The van der Waals surface area contributed by atoms with Gasteiger partial charge in [0.25, 0.3) is 0 Å². The van der Waals surface area contributed by atoms with Crippen molar-refractivity contribution < 1.29 is 28.7 Å². The molecule has 7 heteroatoms. The number of ether oxygens (including phenoxy) is 2. The molecule has 0 bridgehead atoms. The van der Waals surface area contributed by atoms with Gasteiger partial charge in [-0.15, -0.1) is 0 Å². The number of hydrogen-bond donors (Lipinski definition) is 0. The number of carbonyl (C=O) groups excluding carboxylic acids is 4. The van der Waals surface area contributed by atoms with Crippen molar-refractivity contribution in [2.24, 2.45) is 5.41 Å². The molecule has 0 spiro atoms. The van der Waals surface area contributed by atoms with Gasteiger partial charge in [0.05, 0.1) is 6.61 Å². The Morgan fingerprint density at radius 1 is 1.11 bits per heavy atom. The van der Waals surface area contributed by atoms with Gasteiger partial charge in [0.2, 0.25) is 0 Å². The number of esters is 2. The number of nitrogens with zero attached hydrogens (tertiary/aromatic N) is 1. The van der Waals surface area contributed by atoms with Gasteiger partial charge in [-0.3, -0.25) is 24.2 Å². The Hall–Kier alpha value is -2.57. The van der Waals surface area contributed by atoms with Crippen LogP contribution in [0, 0.1) is 12.3 Å². The van der Waals surface area contributed by atoms with E-state index in [4.69, 9.17) is 9.47 Å². The van der Waals surface area contributed by atoms with Crippen LogP contribution < -0.4 is 0 Å². The molecular formula is C20H27NO6. The highest BCUT2D eigenvalue weighted by Crippen LogP contribution is 2.34. The van der Waals surface area contributed by atoms with Gasteiger partial charge in [-0.25, -0.2) is 0 Å². The lowest BCUT2D eigenvalue weighted by molar-refractivity contribution is -0.167. The van der Waals surface area contributed by atoms with Gasteiger partial charge >= 0.3 is 11.9 Å². The highest BCUT2D eigenvalue weighted by Gasteiger charge is 2.53. The van der Waals surface area contributed by atoms with Crippen molar-refractivity contribution in [1.29, 1.82) is 0 Å². The third kappa shape index (κ3) is 5.70. The molecule has 27 heavy (non-hydrogen) atoms. The molecule has 1 rings (SSSR count). The summed E-state index contributed by atoms with van der Waals surface area (Å²) < 4.78 is 10.3. The number of hydrogen-bond acceptors (Lipinski definition) is 7. The second-order valence-electron chi connectivity index (χ2n) is 7.35. The van der Waals surface area contributed by atoms with E-state index in [0.29, 0.717) is 5.56 Å². The van der Waals surface area contributed by atoms with Crippen molar-refractivity contribution in [3.8, 4) is 0 Å². The molecule has 0 saturated heterocycles. The summed E-state index contributed by atoms with van der Waals surface area (Å²) in [7, 11) is 0. The minimum Gasteiger partial charge on any atom is -0.466 e. The van der Waals surface area contributed by atoms with Crippen LogP contribution in [0.4, 0.5) is 0 Å². The summed E-state index contributed by atoms with van der Waals surface area (Å²) in [6, 6.07) is 1.54. The molecule has 0 aliphatic carbocycles. The number of carbonyl (C=O) groups is 4. The van der Waals surface area contributed by atoms with Crippen LogP contribution in [-0.2, 0) is 23.9 Å². The normalized spacial score (nSPS) is 13.4. The molecular weight excluding hydrogens is 350 g/mol. The third-order valence-electron chi connectivity index (χ3n) is 3.88. The van der Waals surface area contributed by atoms with E-state index in [9.17, 15) is 19.2 Å². The van der Waals surface area contributed by atoms with Gasteiger partial charge in [-0.2, -0.15) is 0 Å². The first kappa shape index (κ1) is 22.5. The van der Waals surface area contributed by atoms with Crippen molar-refractivity contribution in [2.45, 2.75) is 60.0 Å². The van der Waals surface area contributed by atoms with Crippen LogP contribution in [0.25, 0.3) is 0 Å². The van der Waals surface area contributed by atoms with Crippen LogP contribution in [-0.4, -0.2) is 40.7 Å². The summed E-state index contributed by atoms with van der Waals surface area (Å²) in [6.45, 7) is 9.61. The first-order valence-corrected chi connectivity index (χ1v) is 8.80. The quantitative estimate of drug-likeness (QED) is 0.390. The fourth-order valence-corrected chi connectivity index (χ4v) is 2.60. The standard InChI is InChI=1S/C20H27NO6/c1-7-26-16(23)8-9-20(14(3)22,18(25)27-19(4,5)6)17(24)15-10-13(2)11-21-12-15/h10-12H,7-9H2,1-6H3. The van der Waals surface area contributed by atoms with E-state index in [0.717, 1.165) is 6.92 Å². The number of rotatable bonds is 8. The second kappa shape index (κ2) is 8.88. The smallest absolute Gasteiger partial charge is 0.328 e. The molecule has 0 aliphatic rings. The maximum Gasteiger partial charge on any atom is 0.328 e. The molecule has 0 N–H and O–H groups in total. The van der Waals surface area contributed by atoms with E-state index < -0.39 is 34.5 Å². The monoisotopic (exact) mass is 377 g/mol. The largest absolute Gasteiger partial charge is 0.466 e. The maximum atomic E-state index is 13.2. The molecule has 1 aromatic heterocycles. The molecule has 148 valence electrons. The van der Waals surface area contributed by atoms with Gasteiger partial charge < -0.3 is 9.47 Å². The van der Waals surface area contributed by atoms with Gasteiger partial charge in [-0.05, 0) is 59.6 Å². The topological polar surface area (TPSA) is 99.6 Å². The predicted molar refractivity (Wildman–Crippen MR) is 98.1 cm³/mol. The van der Waals surface area contributed by atoms with E-state index in [1.165, 1.54) is 6.20 Å². The average molecular weight is 377 g/mol. The minimum atomic E-state index is -2.13. The third-order valence-corrected chi connectivity index (χ3v) is 3.88. The number of Topliss-reactive ketones (excluding diaryl/α,β-unsaturated/α-hetero) is 2. The Labute approximate surface area is 159 Å². The first-order valence-electron chi connectivity index (χ1n) is 8.80. The van der Waals surface area contributed by atoms with Crippen LogP contribution in [0.5, 0.6) is 0 Å². The molecule has 1 aromatic rings. The summed E-state index contributed by atoms with van der Waals surface area (Å²) >= 11 is 0. The summed E-state index contributed by atoms with van der Waals surface area (Å²) in [4.78, 5) is 54.6. The molecule has 0 aliphatic heterocycles. The van der Waals surface area contributed by atoms with E-state index in [-0.39, 0.29) is 25.0 Å². The number of aryl methyl sites for hydroxylation is 1. The highest BCUT2D eigenvalue weighted by molar-refractivity contribution is 6.26. The Morgan fingerprint density at radius 2 is 1.74 bits per heavy atom. The second-order valence-corrected chi connectivity index (χ2v) is 7.35. The zero-order chi connectivity index (χ0) is 20.8. The van der Waals surface area contributed by atoms with E-state index in [2.05, 4.69) is 4.98 Å². The highest BCUT2D eigenvalue weighted by atomic mass is 16.6. The summed E-state index contributed by atoms with van der Waals surface area (Å²) in [6.07, 6.45) is 2.25. The summed E-state index contributed by atoms with van der Waals surface area (Å²) in [5, 5.41) is 0. The molecule has 0 amide bonds. The van der Waals surface area contributed by atoms with Crippen molar-refractivity contribution >= 4 is 23.5 Å². The molecule has 0 aromatic carbocycles. The van der Waals surface area contributed by atoms with Crippen LogP contribution in [0.2, 0.25) is 0 Å². The van der Waals surface area contributed by atoms with Crippen molar-refractivity contribution in [1.82, 2.24) is 4.98 Å². The van der Waals surface area contributed by atoms with Gasteiger partial charge in [-0.1, -0.05) is 0 Å². The molecule has 1 heterocycles. The van der Waals surface area contributed by atoms with Crippen LogP contribution in [0.1, 0.15) is 63.4 Å². The summed E-state index contributed by atoms with van der Waals surface area (Å²) in [5.41, 5.74) is -2.23. The molecule has 1 atom stereocenters. The van der Waals surface area contributed by atoms with Crippen LogP contribution in [0.3, 0.4) is 0 Å². The van der Waals surface area contributed by atoms with Crippen molar-refractivity contribution in [2.75, 3.05) is 6.61 Å².